The zero-order chi connectivity index (χ0) is 22.7. The number of aromatic amines is 1. The van der Waals surface area contributed by atoms with Crippen molar-refractivity contribution in [2.24, 2.45) is 0 Å². The first-order chi connectivity index (χ1) is 15.5. The molecule has 0 saturated heterocycles. The number of carbonyl (C=O) groups is 1. The Hall–Kier alpha value is -3.94. The molecule has 3 heterocycles. The number of furan rings is 1. The molecule has 4 aromatic rings. The van der Waals surface area contributed by atoms with Crippen LogP contribution in [0.4, 0.5) is 5.82 Å². The molecule has 4 rings (SSSR count). The third-order valence-corrected chi connectivity index (χ3v) is 5.42. The molecule has 1 unspecified atom stereocenters. The molecule has 3 aromatic heterocycles. The fourth-order valence-electron chi connectivity index (χ4n) is 3.76. The molecule has 0 saturated carbocycles. The van der Waals surface area contributed by atoms with E-state index in [1.165, 1.54) is 4.68 Å². The fourth-order valence-corrected chi connectivity index (χ4v) is 3.76. The van der Waals surface area contributed by atoms with E-state index in [-0.39, 0.29) is 23.3 Å². The van der Waals surface area contributed by atoms with Gasteiger partial charge in [0.15, 0.2) is 5.76 Å². The summed E-state index contributed by atoms with van der Waals surface area (Å²) in [7, 11) is 0. The highest BCUT2D eigenvalue weighted by molar-refractivity contribution is 5.95. The van der Waals surface area contributed by atoms with Crippen LogP contribution in [0.1, 0.15) is 43.0 Å². The van der Waals surface area contributed by atoms with Crippen molar-refractivity contribution in [3.05, 3.63) is 82.0 Å². The highest BCUT2D eigenvalue weighted by Crippen LogP contribution is 2.26. The van der Waals surface area contributed by atoms with Gasteiger partial charge in [-0.25, -0.2) is 4.98 Å². The van der Waals surface area contributed by atoms with Gasteiger partial charge in [0.1, 0.15) is 11.5 Å². The molecule has 0 radical (unpaired) electrons. The van der Waals surface area contributed by atoms with Crippen molar-refractivity contribution >= 4 is 11.7 Å². The Balaban J connectivity index is 1.76. The molecule has 0 aliphatic carbocycles. The van der Waals surface area contributed by atoms with Crippen LogP contribution in [0, 0.1) is 6.92 Å². The maximum atomic E-state index is 13.2. The highest BCUT2D eigenvalue weighted by Gasteiger charge is 2.23. The first-order valence-electron chi connectivity index (χ1n) is 10.6. The lowest BCUT2D eigenvalue weighted by molar-refractivity contribution is -0.117. The summed E-state index contributed by atoms with van der Waals surface area (Å²) in [6.45, 7) is 5.66. The number of aryl methyl sites for hydroxylation is 1. The van der Waals surface area contributed by atoms with Gasteiger partial charge in [0.25, 0.3) is 5.56 Å². The molecular formula is C24H25N5O3. The van der Waals surface area contributed by atoms with Gasteiger partial charge >= 0.3 is 0 Å². The summed E-state index contributed by atoms with van der Waals surface area (Å²) in [5.74, 6) is 0.657. The normalized spacial score (nSPS) is 12.0. The number of rotatable bonds is 7. The maximum Gasteiger partial charge on any atom is 0.255 e. The minimum atomic E-state index is -0.331. The zero-order valence-electron chi connectivity index (χ0n) is 18.3. The van der Waals surface area contributed by atoms with Crippen LogP contribution in [-0.4, -0.2) is 25.7 Å². The number of nitrogens with one attached hydrogen (secondary N) is 2. The second-order valence-electron chi connectivity index (χ2n) is 7.47. The minimum Gasteiger partial charge on any atom is -0.463 e. The van der Waals surface area contributed by atoms with E-state index < -0.39 is 0 Å². The standard InChI is InChI=1S/C24H25N5O3/c1-4-17-15(3)25-24(27-22(17)30)29-21(14-19(28-29)20-12-9-13-32-20)26-23(31)18(5-2)16-10-7-6-8-11-16/h6-14,18H,4-5H2,1-3H3,(H,26,31)(H,25,27,30). The molecule has 1 atom stereocenters. The number of H-pyrrole nitrogens is 1. The van der Waals surface area contributed by atoms with E-state index in [9.17, 15) is 9.59 Å². The first kappa shape index (κ1) is 21.3. The van der Waals surface area contributed by atoms with E-state index in [0.29, 0.717) is 41.4 Å². The number of hydrogen-bond acceptors (Lipinski definition) is 5. The quantitative estimate of drug-likeness (QED) is 0.456. The number of amides is 1. The predicted molar refractivity (Wildman–Crippen MR) is 122 cm³/mol. The van der Waals surface area contributed by atoms with Crippen molar-refractivity contribution < 1.29 is 9.21 Å². The van der Waals surface area contributed by atoms with E-state index in [4.69, 9.17) is 4.42 Å². The highest BCUT2D eigenvalue weighted by atomic mass is 16.3. The largest absolute Gasteiger partial charge is 0.463 e. The number of benzene rings is 1. The summed E-state index contributed by atoms with van der Waals surface area (Å²) >= 11 is 0. The van der Waals surface area contributed by atoms with Crippen molar-refractivity contribution in [2.75, 3.05) is 5.32 Å². The van der Waals surface area contributed by atoms with E-state index in [1.807, 2.05) is 44.2 Å². The van der Waals surface area contributed by atoms with Crippen LogP contribution in [0.25, 0.3) is 17.4 Å². The van der Waals surface area contributed by atoms with Crippen LogP contribution in [-0.2, 0) is 11.2 Å². The van der Waals surface area contributed by atoms with Crippen LogP contribution < -0.4 is 10.9 Å². The molecule has 8 heteroatoms. The summed E-state index contributed by atoms with van der Waals surface area (Å²) in [6, 6.07) is 14.9. The summed E-state index contributed by atoms with van der Waals surface area (Å²) in [6.07, 6.45) is 2.76. The number of anilines is 1. The Morgan fingerprint density at radius 1 is 1.19 bits per heavy atom. The Kier molecular flexibility index (Phi) is 6.02. The van der Waals surface area contributed by atoms with E-state index in [1.54, 1.807) is 31.4 Å². The first-order valence-corrected chi connectivity index (χ1v) is 10.6. The molecule has 2 N–H and O–H groups in total. The van der Waals surface area contributed by atoms with Gasteiger partial charge in [-0.3, -0.25) is 14.6 Å². The third-order valence-electron chi connectivity index (χ3n) is 5.42. The monoisotopic (exact) mass is 431 g/mol. The van der Waals surface area contributed by atoms with Crippen molar-refractivity contribution in [3.8, 4) is 17.4 Å². The summed E-state index contributed by atoms with van der Waals surface area (Å²) in [5, 5.41) is 7.51. The Labute approximate surface area is 185 Å². The Morgan fingerprint density at radius 3 is 2.59 bits per heavy atom. The smallest absolute Gasteiger partial charge is 0.255 e. The van der Waals surface area contributed by atoms with Gasteiger partial charge in [0.2, 0.25) is 11.9 Å². The molecule has 0 bridgehead atoms. The topological polar surface area (TPSA) is 106 Å². The molecule has 8 nitrogen and oxygen atoms in total. The zero-order valence-corrected chi connectivity index (χ0v) is 18.3. The van der Waals surface area contributed by atoms with Crippen LogP contribution in [0.5, 0.6) is 0 Å². The summed E-state index contributed by atoms with van der Waals surface area (Å²) in [5.41, 5.74) is 2.46. The van der Waals surface area contributed by atoms with Crippen LogP contribution in [0.3, 0.4) is 0 Å². The van der Waals surface area contributed by atoms with Gasteiger partial charge in [-0.05, 0) is 37.5 Å². The van der Waals surface area contributed by atoms with Gasteiger partial charge in [-0.15, -0.1) is 0 Å². The minimum absolute atomic E-state index is 0.171. The second-order valence-corrected chi connectivity index (χ2v) is 7.47. The van der Waals surface area contributed by atoms with Crippen molar-refractivity contribution in [2.45, 2.75) is 39.5 Å². The summed E-state index contributed by atoms with van der Waals surface area (Å²) in [4.78, 5) is 33.0. The molecule has 0 aliphatic heterocycles. The number of carbonyl (C=O) groups excluding carboxylic acids is 1. The molecule has 0 aliphatic rings. The average molecular weight is 431 g/mol. The van der Waals surface area contributed by atoms with Gasteiger partial charge in [-0.1, -0.05) is 44.2 Å². The lowest BCUT2D eigenvalue weighted by Gasteiger charge is -2.16. The second kappa shape index (κ2) is 9.05. The lowest BCUT2D eigenvalue weighted by atomic mass is 9.96. The van der Waals surface area contributed by atoms with E-state index >= 15 is 0 Å². The van der Waals surface area contributed by atoms with Gasteiger partial charge in [0, 0.05) is 17.3 Å². The molecule has 164 valence electrons. The number of hydrogen-bond donors (Lipinski definition) is 2. The molecule has 0 fully saturated rings. The van der Waals surface area contributed by atoms with Crippen LogP contribution >= 0.6 is 0 Å². The molecular weight excluding hydrogens is 406 g/mol. The van der Waals surface area contributed by atoms with Crippen LogP contribution in [0.15, 0.2) is 64.0 Å². The maximum absolute atomic E-state index is 13.2. The molecule has 1 amide bonds. The Morgan fingerprint density at radius 2 is 1.97 bits per heavy atom. The van der Waals surface area contributed by atoms with E-state index in [0.717, 1.165) is 5.56 Å². The van der Waals surface area contributed by atoms with Crippen molar-refractivity contribution in [3.63, 3.8) is 0 Å². The summed E-state index contributed by atoms with van der Waals surface area (Å²) < 4.78 is 6.90. The molecule has 1 aromatic carbocycles. The fraction of sp³-hybridized carbons (Fsp3) is 0.250. The third kappa shape index (κ3) is 4.12. The SMILES string of the molecule is CCc1c(C)nc(-n2nc(-c3ccco3)cc2NC(=O)C(CC)c2ccccc2)[nH]c1=O. The Bertz CT molecular complexity index is 1270. The number of nitrogens with zero attached hydrogens (tertiary/aromatic N) is 3. The van der Waals surface area contributed by atoms with E-state index in [2.05, 4.69) is 20.4 Å². The average Bonchev–Trinajstić information content (AvgIpc) is 3.45. The van der Waals surface area contributed by atoms with Crippen LogP contribution in [0.2, 0.25) is 0 Å². The molecule has 32 heavy (non-hydrogen) atoms. The van der Waals surface area contributed by atoms with Gasteiger partial charge < -0.3 is 9.73 Å². The lowest BCUT2D eigenvalue weighted by Crippen LogP contribution is -2.24. The predicted octanol–water partition coefficient (Wildman–Crippen LogP) is 4.22. The van der Waals surface area contributed by atoms with Crippen molar-refractivity contribution in [1.82, 2.24) is 19.7 Å². The van der Waals surface area contributed by atoms with Crippen molar-refractivity contribution in [1.29, 1.82) is 0 Å². The van der Waals surface area contributed by atoms with Gasteiger partial charge in [0.05, 0.1) is 12.2 Å². The number of aromatic nitrogens is 4. The molecule has 0 spiro atoms. The van der Waals surface area contributed by atoms with Gasteiger partial charge in [-0.2, -0.15) is 9.78 Å².